The van der Waals surface area contributed by atoms with E-state index in [1.807, 2.05) is 49.4 Å². The second-order valence-corrected chi connectivity index (χ2v) is 5.05. The molecule has 110 valence electrons. The smallest absolute Gasteiger partial charge is 0.119 e. The second-order valence-electron chi connectivity index (χ2n) is 5.05. The average Bonchev–Trinajstić information content (AvgIpc) is 2.89. The minimum absolute atomic E-state index is 0.651. The number of hydrogen-bond donors (Lipinski definition) is 0. The van der Waals surface area contributed by atoms with E-state index in [9.17, 15) is 5.26 Å². The van der Waals surface area contributed by atoms with Gasteiger partial charge in [-0.05, 0) is 49.7 Å². The molecule has 0 bridgehead atoms. The van der Waals surface area contributed by atoms with Crippen LogP contribution in [0.25, 0.3) is 22.2 Å². The first kappa shape index (κ1) is 14.2. The molecule has 3 aromatic rings. The lowest BCUT2D eigenvalue weighted by molar-refractivity contribution is 0.340. The first-order chi connectivity index (χ1) is 10.8. The summed E-state index contributed by atoms with van der Waals surface area (Å²) < 4.78 is 7.69. The highest BCUT2D eigenvalue weighted by Gasteiger charge is 2.17. The van der Waals surface area contributed by atoms with E-state index in [4.69, 9.17) is 4.74 Å². The predicted molar refractivity (Wildman–Crippen MR) is 88.9 cm³/mol. The molecule has 0 radical (unpaired) electrons. The van der Waals surface area contributed by atoms with Gasteiger partial charge < -0.3 is 9.30 Å². The lowest BCUT2D eigenvalue weighted by Gasteiger charge is -2.09. The Bertz CT molecular complexity index is 838. The number of rotatable bonds is 4. The SMILES string of the molecule is CCOc1ccc(-c2c(C#N)c3ccccc3n2CC)cc1. The fourth-order valence-electron chi connectivity index (χ4n) is 2.92. The van der Waals surface area contributed by atoms with Crippen molar-refractivity contribution in [2.75, 3.05) is 6.61 Å². The number of aryl methyl sites for hydroxylation is 1. The zero-order valence-electron chi connectivity index (χ0n) is 12.8. The van der Waals surface area contributed by atoms with Crippen molar-refractivity contribution < 1.29 is 4.74 Å². The summed E-state index contributed by atoms with van der Waals surface area (Å²) in [7, 11) is 0. The number of fused-ring (bicyclic) bond motifs is 1. The zero-order chi connectivity index (χ0) is 15.5. The summed E-state index contributed by atoms with van der Waals surface area (Å²) in [6.45, 7) is 5.55. The average molecular weight is 290 g/mol. The van der Waals surface area contributed by atoms with Crippen LogP contribution in [0.4, 0.5) is 0 Å². The van der Waals surface area contributed by atoms with Crippen LogP contribution in [-0.4, -0.2) is 11.2 Å². The molecule has 22 heavy (non-hydrogen) atoms. The van der Waals surface area contributed by atoms with E-state index in [-0.39, 0.29) is 0 Å². The van der Waals surface area contributed by atoms with Crippen LogP contribution in [0.1, 0.15) is 19.4 Å². The highest BCUT2D eigenvalue weighted by Crippen LogP contribution is 2.34. The Morgan fingerprint density at radius 3 is 2.41 bits per heavy atom. The zero-order valence-corrected chi connectivity index (χ0v) is 12.8. The van der Waals surface area contributed by atoms with Crippen LogP contribution in [-0.2, 0) is 6.54 Å². The number of hydrogen-bond acceptors (Lipinski definition) is 2. The van der Waals surface area contributed by atoms with Gasteiger partial charge in [-0.15, -0.1) is 0 Å². The molecule has 0 aliphatic carbocycles. The van der Waals surface area contributed by atoms with Crippen molar-refractivity contribution in [3.8, 4) is 23.1 Å². The summed E-state index contributed by atoms with van der Waals surface area (Å²) in [6, 6.07) is 18.4. The van der Waals surface area contributed by atoms with Crippen LogP contribution in [0.15, 0.2) is 48.5 Å². The highest BCUT2D eigenvalue weighted by atomic mass is 16.5. The maximum Gasteiger partial charge on any atom is 0.119 e. The molecule has 0 amide bonds. The third-order valence-electron chi connectivity index (χ3n) is 3.84. The Morgan fingerprint density at radius 1 is 1.05 bits per heavy atom. The van der Waals surface area contributed by atoms with Gasteiger partial charge in [-0.3, -0.25) is 0 Å². The Kier molecular flexibility index (Phi) is 3.84. The van der Waals surface area contributed by atoms with Crippen LogP contribution < -0.4 is 4.74 Å². The molecule has 3 nitrogen and oxygen atoms in total. The van der Waals surface area contributed by atoms with Crippen molar-refractivity contribution in [3.05, 3.63) is 54.1 Å². The summed E-state index contributed by atoms with van der Waals surface area (Å²) in [6.07, 6.45) is 0. The maximum absolute atomic E-state index is 9.64. The maximum atomic E-state index is 9.64. The second kappa shape index (κ2) is 5.95. The van der Waals surface area contributed by atoms with Crippen LogP contribution in [0.2, 0.25) is 0 Å². The molecule has 0 aliphatic rings. The van der Waals surface area contributed by atoms with Crippen LogP contribution in [0.5, 0.6) is 5.75 Å². The molecule has 0 aliphatic heterocycles. The summed E-state index contributed by atoms with van der Waals surface area (Å²) in [5, 5.41) is 10.6. The van der Waals surface area contributed by atoms with Crippen LogP contribution >= 0.6 is 0 Å². The predicted octanol–water partition coefficient (Wildman–Crippen LogP) is 4.60. The molecule has 0 saturated carbocycles. The number of aromatic nitrogens is 1. The van der Waals surface area contributed by atoms with Gasteiger partial charge in [0, 0.05) is 17.4 Å². The van der Waals surface area contributed by atoms with Gasteiger partial charge in [0.2, 0.25) is 0 Å². The summed E-state index contributed by atoms with van der Waals surface area (Å²) in [5.41, 5.74) is 3.86. The van der Waals surface area contributed by atoms with Gasteiger partial charge >= 0.3 is 0 Å². The Labute approximate surface area is 130 Å². The molecular formula is C19H18N2O. The van der Waals surface area contributed by atoms with Crippen molar-refractivity contribution in [2.45, 2.75) is 20.4 Å². The molecule has 0 atom stereocenters. The quantitative estimate of drug-likeness (QED) is 0.704. The fraction of sp³-hybridized carbons (Fsp3) is 0.211. The molecule has 0 fully saturated rings. The topological polar surface area (TPSA) is 37.9 Å². The van der Waals surface area contributed by atoms with Crippen LogP contribution in [0, 0.1) is 11.3 Å². The number of benzene rings is 2. The molecule has 0 unspecified atom stereocenters. The third kappa shape index (κ3) is 2.23. The molecule has 3 heteroatoms. The lowest BCUT2D eigenvalue weighted by atomic mass is 10.1. The van der Waals surface area contributed by atoms with Gasteiger partial charge in [-0.2, -0.15) is 5.26 Å². The van der Waals surface area contributed by atoms with Crippen LogP contribution in [0.3, 0.4) is 0 Å². The first-order valence-corrected chi connectivity index (χ1v) is 7.54. The molecule has 3 rings (SSSR count). The fourth-order valence-corrected chi connectivity index (χ4v) is 2.92. The van der Waals surface area contributed by atoms with Gasteiger partial charge in [-0.25, -0.2) is 0 Å². The molecule has 0 saturated heterocycles. The van der Waals surface area contributed by atoms with Gasteiger partial charge in [0.15, 0.2) is 0 Å². The van der Waals surface area contributed by atoms with E-state index in [0.717, 1.165) is 40.0 Å². The standard InChI is InChI=1S/C19H18N2O/c1-3-21-18-8-6-5-7-16(18)17(13-20)19(21)14-9-11-15(12-10-14)22-4-2/h5-12H,3-4H2,1-2H3. The van der Waals surface area contributed by atoms with Gasteiger partial charge in [0.05, 0.1) is 17.9 Å². The van der Waals surface area contributed by atoms with Crippen molar-refractivity contribution in [2.24, 2.45) is 0 Å². The summed E-state index contributed by atoms with van der Waals surface area (Å²) in [4.78, 5) is 0. The Balaban J connectivity index is 2.23. The van der Waals surface area contributed by atoms with Crippen molar-refractivity contribution in [1.82, 2.24) is 4.57 Å². The van der Waals surface area contributed by atoms with Gasteiger partial charge in [0.25, 0.3) is 0 Å². The van der Waals surface area contributed by atoms with Crippen molar-refractivity contribution in [1.29, 1.82) is 5.26 Å². The number of para-hydroxylation sites is 1. The highest BCUT2D eigenvalue weighted by molar-refractivity contribution is 5.94. The molecule has 1 heterocycles. The monoisotopic (exact) mass is 290 g/mol. The van der Waals surface area contributed by atoms with Crippen molar-refractivity contribution >= 4 is 10.9 Å². The van der Waals surface area contributed by atoms with E-state index in [2.05, 4.69) is 23.6 Å². The van der Waals surface area contributed by atoms with E-state index in [1.165, 1.54) is 0 Å². The van der Waals surface area contributed by atoms with E-state index in [0.29, 0.717) is 6.61 Å². The molecule has 0 N–H and O–H groups in total. The van der Waals surface area contributed by atoms with Gasteiger partial charge in [0.1, 0.15) is 11.8 Å². The molecule has 1 aromatic heterocycles. The van der Waals surface area contributed by atoms with Crippen molar-refractivity contribution in [3.63, 3.8) is 0 Å². The van der Waals surface area contributed by atoms with E-state index < -0.39 is 0 Å². The number of ether oxygens (including phenoxy) is 1. The largest absolute Gasteiger partial charge is 0.494 e. The van der Waals surface area contributed by atoms with E-state index in [1.54, 1.807) is 0 Å². The third-order valence-corrected chi connectivity index (χ3v) is 3.84. The Morgan fingerprint density at radius 2 is 1.77 bits per heavy atom. The minimum atomic E-state index is 0.651. The summed E-state index contributed by atoms with van der Waals surface area (Å²) in [5.74, 6) is 0.851. The first-order valence-electron chi connectivity index (χ1n) is 7.54. The molecular weight excluding hydrogens is 272 g/mol. The minimum Gasteiger partial charge on any atom is -0.494 e. The number of nitrogens with zero attached hydrogens (tertiary/aromatic N) is 2. The normalized spacial score (nSPS) is 10.6. The molecule has 0 spiro atoms. The van der Waals surface area contributed by atoms with Gasteiger partial charge in [-0.1, -0.05) is 18.2 Å². The molecule has 2 aromatic carbocycles. The summed E-state index contributed by atoms with van der Waals surface area (Å²) >= 11 is 0. The lowest BCUT2D eigenvalue weighted by Crippen LogP contribution is -1.98. The van der Waals surface area contributed by atoms with E-state index >= 15 is 0 Å². The Hall–Kier alpha value is -2.73. The number of nitriles is 1.